The van der Waals surface area contributed by atoms with E-state index in [-0.39, 0.29) is 11.9 Å². The van der Waals surface area contributed by atoms with Crippen LogP contribution in [0.1, 0.15) is 0 Å². The van der Waals surface area contributed by atoms with Crippen molar-refractivity contribution in [1.29, 1.82) is 0 Å². The van der Waals surface area contributed by atoms with Crippen molar-refractivity contribution < 1.29 is 9.47 Å². The summed E-state index contributed by atoms with van der Waals surface area (Å²) < 4.78 is 11.3. The summed E-state index contributed by atoms with van der Waals surface area (Å²) in [5.41, 5.74) is 6.09. The fraction of sp³-hybridized carbons (Fsp3) is 0.125. The van der Waals surface area contributed by atoms with Crippen LogP contribution in [0.3, 0.4) is 0 Å². The molecule has 0 saturated heterocycles. The zero-order valence-electron chi connectivity index (χ0n) is 7.04. The van der Waals surface area contributed by atoms with Gasteiger partial charge in [0.1, 0.15) is 5.69 Å². The van der Waals surface area contributed by atoms with E-state index in [2.05, 4.69) is 21.2 Å². The van der Waals surface area contributed by atoms with E-state index >= 15 is 0 Å². The molecule has 0 aliphatic carbocycles. The zero-order chi connectivity index (χ0) is 10.1. The maximum atomic E-state index is 5.39. The van der Waals surface area contributed by atoms with E-state index in [0.717, 1.165) is 4.47 Å². The molecule has 14 heavy (non-hydrogen) atoms. The van der Waals surface area contributed by atoms with Crippen LogP contribution in [0.5, 0.6) is 11.5 Å². The number of thiocarbonyl (C=S) groups is 1. The smallest absolute Gasteiger partial charge is 0.231 e. The van der Waals surface area contributed by atoms with Gasteiger partial charge in [-0.25, -0.2) is 0 Å². The standard InChI is InChI=1S/C8H7BrN2O2S/c9-4-1-2-5-7(13-3-12-5)6(4)11-8(10)14/h1-2H,3H2,(H3,10,11,14). The molecule has 0 saturated carbocycles. The van der Waals surface area contributed by atoms with Gasteiger partial charge in [0.25, 0.3) is 0 Å². The van der Waals surface area contributed by atoms with Crippen LogP contribution in [-0.4, -0.2) is 11.9 Å². The first-order chi connectivity index (χ1) is 6.68. The number of anilines is 1. The Balaban J connectivity index is 2.46. The minimum atomic E-state index is 0.189. The Morgan fingerprint density at radius 3 is 3.00 bits per heavy atom. The SMILES string of the molecule is NC(=S)Nc1c(Br)ccc2c1OCO2. The third-order valence-electron chi connectivity index (χ3n) is 1.74. The second-order valence-electron chi connectivity index (χ2n) is 2.65. The molecule has 0 radical (unpaired) electrons. The molecular formula is C8H7BrN2O2S. The largest absolute Gasteiger partial charge is 0.454 e. The van der Waals surface area contributed by atoms with Crippen LogP contribution in [-0.2, 0) is 0 Å². The first-order valence-corrected chi connectivity index (χ1v) is 5.03. The molecule has 1 aromatic rings. The number of nitrogens with one attached hydrogen (secondary N) is 1. The Morgan fingerprint density at radius 1 is 1.50 bits per heavy atom. The van der Waals surface area contributed by atoms with E-state index in [1.54, 1.807) is 0 Å². The molecule has 6 heteroatoms. The Hall–Kier alpha value is -1.01. The molecule has 1 aliphatic heterocycles. The third kappa shape index (κ3) is 1.62. The minimum absolute atomic E-state index is 0.189. The predicted molar refractivity (Wildman–Crippen MR) is 60.7 cm³/mol. The van der Waals surface area contributed by atoms with Crippen LogP contribution in [0.25, 0.3) is 0 Å². The van der Waals surface area contributed by atoms with Crippen molar-refractivity contribution in [3.63, 3.8) is 0 Å². The number of ether oxygens (including phenoxy) is 2. The molecule has 3 N–H and O–H groups in total. The van der Waals surface area contributed by atoms with Crippen molar-refractivity contribution in [1.82, 2.24) is 0 Å². The van der Waals surface area contributed by atoms with E-state index in [4.69, 9.17) is 27.4 Å². The monoisotopic (exact) mass is 274 g/mol. The topological polar surface area (TPSA) is 56.5 Å². The molecule has 0 atom stereocenters. The highest BCUT2D eigenvalue weighted by atomic mass is 79.9. The summed E-state index contributed by atoms with van der Waals surface area (Å²) in [6.45, 7) is 0.220. The Labute approximate surface area is 94.5 Å². The highest BCUT2D eigenvalue weighted by Crippen LogP contribution is 2.43. The maximum absolute atomic E-state index is 5.39. The van der Waals surface area contributed by atoms with Crippen LogP contribution in [0.15, 0.2) is 16.6 Å². The van der Waals surface area contributed by atoms with Gasteiger partial charge in [-0.2, -0.15) is 0 Å². The van der Waals surface area contributed by atoms with Gasteiger partial charge in [-0.15, -0.1) is 0 Å². The normalized spacial score (nSPS) is 12.6. The van der Waals surface area contributed by atoms with E-state index in [0.29, 0.717) is 17.2 Å². The highest BCUT2D eigenvalue weighted by molar-refractivity contribution is 9.10. The molecule has 0 bridgehead atoms. The van der Waals surface area contributed by atoms with E-state index in [1.807, 2.05) is 12.1 Å². The molecule has 0 fully saturated rings. The van der Waals surface area contributed by atoms with Crippen molar-refractivity contribution in [2.75, 3.05) is 12.1 Å². The molecular weight excluding hydrogens is 268 g/mol. The number of nitrogens with two attached hydrogens (primary N) is 1. The second-order valence-corrected chi connectivity index (χ2v) is 3.94. The number of hydrogen-bond donors (Lipinski definition) is 2. The lowest BCUT2D eigenvalue weighted by Gasteiger charge is -2.09. The average molecular weight is 275 g/mol. The summed E-state index contributed by atoms with van der Waals surface area (Å²) >= 11 is 8.12. The molecule has 1 heterocycles. The van der Waals surface area contributed by atoms with Gasteiger partial charge in [0.05, 0.1) is 0 Å². The molecule has 74 valence electrons. The molecule has 0 spiro atoms. The highest BCUT2D eigenvalue weighted by Gasteiger charge is 2.20. The predicted octanol–water partition coefficient (Wildman–Crippen LogP) is 1.83. The third-order valence-corrected chi connectivity index (χ3v) is 2.50. The summed E-state index contributed by atoms with van der Waals surface area (Å²) in [6.07, 6.45) is 0. The van der Waals surface area contributed by atoms with E-state index < -0.39 is 0 Å². The van der Waals surface area contributed by atoms with Crippen molar-refractivity contribution in [2.45, 2.75) is 0 Å². The second kappa shape index (κ2) is 3.62. The first-order valence-electron chi connectivity index (χ1n) is 3.83. The van der Waals surface area contributed by atoms with Gasteiger partial charge in [-0.1, -0.05) is 0 Å². The number of halogens is 1. The fourth-order valence-corrected chi connectivity index (χ4v) is 1.70. The molecule has 1 aromatic carbocycles. The van der Waals surface area contributed by atoms with Gasteiger partial charge < -0.3 is 20.5 Å². The van der Waals surface area contributed by atoms with Crippen molar-refractivity contribution in [2.24, 2.45) is 5.73 Å². The molecule has 2 rings (SSSR count). The van der Waals surface area contributed by atoms with Crippen molar-refractivity contribution in [3.8, 4) is 11.5 Å². The summed E-state index contributed by atoms with van der Waals surface area (Å²) in [5, 5.41) is 3.02. The minimum Gasteiger partial charge on any atom is -0.454 e. The van der Waals surface area contributed by atoms with Crippen LogP contribution < -0.4 is 20.5 Å². The van der Waals surface area contributed by atoms with Gasteiger partial charge in [0.2, 0.25) is 6.79 Å². The lowest BCUT2D eigenvalue weighted by atomic mass is 10.3. The molecule has 1 aliphatic rings. The number of hydrogen-bond acceptors (Lipinski definition) is 3. The molecule has 4 nitrogen and oxygen atoms in total. The number of benzene rings is 1. The van der Waals surface area contributed by atoms with Crippen LogP contribution >= 0.6 is 28.1 Å². The summed E-state index contributed by atoms with van der Waals surface area (Å²) in [5.74, 6) is 1.32. The van der Waals surface area contributed by atoms with Crippen LogP contribution in [0.4, 0.5) is 5.69 Å². The van der Waals surface area contributed by atoms with Gasteiger partial charge in [-0.05, 0) is 40.3 Å². The quantitative estimate of drug-likeness (QED) is 0.766. The first kappa shape index (κ1) is 9.54. The fourth-order valence-electron chi connectivity index (χ4n) is 1.19. The lowest BCUT2D eigenvalue weighted by Crippen LogP contribution is -2.19. The summed E-state index contributed by atoms with van der Waals surface area (Å²) in [4.78, 5) is 0. The maximum Gasteiger partial charge on any atom is 0.231 e. The number of rotatable bonds is 1. The van der Waals surface area contributed by atoms with Crippen LogP contribution in [0, 0.1) is 0 Å². The molecule has 0 unspecified atom stereocenters. The van der Waals surface area contributed by atoms with Crippen molar-refractivity contribution >= 4 is 38.9 Å². The van der Waals surface area contributed by atoms with Gasteiger partial charge in [0.15, 0.2) is 16.6 Å². The Kier molecular flexibility index (Phi) is 2.47. The van der Waals surface area contributed by atoms with Crippen LogP contribution in [0.2, 0.25) is 0 Å². The van der Waals surface area contributed by atoms with Gasteiger partial charge >= 0.3 is 0 Å². The number of fused-ring (bicyclic) bond motifs is 1. The molecule has 0 amide bonds. The Morgan fingerprint density at radius 2 is 2.29 bits per heavy atom. The summed E-state index contributed by atoms with van der Waals surface area (Å²) in [7, 11) is 0. The van der Waals surface area contributed by atoms with E-state index in [9.17, 15) is 0 Å². The van der Waals surface area contributed by atoms with Gasteiger partial charge in [-0.3, -0.25) is 0 Å². The summed E-state index contributed by atoms with van der Waals surface area (Å²) in [6, 6.07) is 3.66. The molecule has 0 aromatic heterocycles. The lowest BCUT2D eigenvalue weighted by molar-refractivity contribution is 0.174. The average Bonchev–Trinajstić information content (AvgIpc) is 2.57. The zero-order valence-corrected chi connectivity index (χ0v) is 9.44. The van der Waals surface area contributed by atoms with Crippen molar-refractivity contribution in [3.05, 3.63) is 16.6 Å². The Bertz CT molecular complexity index is 397. The van der Waals surface area contributed by atoms with E-state index in [1.165, 1.54) is 0 Å². The van der Waals surface area contributed by atoms with Gasteiger partial charge in [0, 0.05) is 4.47 Å².